The van der Waals surface area contributed by atoms with Crippen LogP contribution in [0.4, 0.5) is 0 Å². The number of esters is 1. The lowest BCUT2D eigenvalue weighted by Gasteiger charge is -2.21. The van der Waals surface area contributed by atoms with Crippen molar-refractivity contribution in [2.45, 2.75) is 45.1 Å². The van der Waals surface area contributed by atoms with Crippen molar-refractivity contribution in [2.75, 3.05) is 13.2 Å². The van der Waals surface area contributed by atoms with Gasteiger partial charge in [-0.25, -0.2) is 4.79 Å². The topological polar surface area (TPSA) is 109 Å². The number of nitrogens with one attached hydrogen (secondary N) is 2. The summed E-state index contributed by atoms with van der Waals surface area (Å²) in [5, 5.41) is 3.84. The first-order valence-electron chi connectivity index (χ1n) is 10.8. The van der Waals surface area contributed by atoms with Crippen LogP contribution in [0.5, 0.6) is 0 Å². The quantitative estimate of drug-likeness (QED) is 0.521. The second-order valence-corrected chi connectivity index (χ2v) is 8.29. The van der Waals surface area contributed by atoms with E-state index in [0.717, 1.165) is 34.2 Å². The van der Waals surface area contributed by atoms with Crippen LogP contribution < -0.4 is 5.32 Å². The third-order valence-corrected chi connectivity index (χ3v) is 6.34. The van der Waals surface area contributed by atoms with Crippen LogP contribution in [0.1, 0.15) is 38.2 Å². The molecule has 2 aromatic rings. The maximum Gasteiger partial charge on any atom is 0.329 e. The molecule has 8 heteroatoms. The van der Waals surface area contributed by atoms with Crippen molar-refractivity contribution in [1.82, 2.24) is 15.2 Å². The number of hydrogen-bond acceptors (Lipinski definition) is 5. The number of nitrogens with zero attached hydrogens (tertiary/aromatic N) is 1. The van der Waals surface area contributed by atoms with Crippen LogP contribution in [-0.2, 0) is 30.3 Å². The van der Waals surface area contributed by atoms with Gasteiger partial charge in [0.05, 0.1) is 11.8 Å². The number of rotatable bonds is 7. The minimum Gasteiger partial charge on any atom is -0.454 e. The van der Waals surface area contributed by atoms with Crippen LogP contribution in [0, 0.1) is 11.8 Å². The molecule has 8 nitrogen and oxygen atoms in total. The number of benzene rings is 1. The number of carbonyl (C=O) groups is 4. The van der Waals surface area contributed by atoms with Gasteiger partial charge in [0.2, 0.25) is 11.8 Å². The van der Waals surface area contributed by atoms with Gasteiger partial charge in [-0.1, -0.05) is 31.0 Å². The first-order valence-corrected chi connectivity index (χ1v) is 10.8. The Labute approximate surface area is 180 Å². The van der Waals surface area contributed by atoms with Crippen molar-refractivity contribution < 1.29 is 23.9 Å². The predicted octanol–water partition coefficient (Wildman–Crippen LogP) is 1.93. The molecule has 4 rings (SSSR count). The van der Waals surface area contributed by atoms with Gasteiger partial charge in [0.25, 0.3) is 5.91 Å². The van der Waals surface area contributed by atoms with Crippen LogP contribution in [0.2, 0.25) is 0 Å². The van der Waals surface area contributed by atoms with Crippen LogP contribution >= 0.6 is 0 Å². The number of imide groups is 1. The highest BCUT2D eigenvalue weighted by atomic mass is 16.5. The van der Waals surface area contributed by atoms with Gasteiger partial charge in [-0.3, -0.25) is 19.3 Å². The molecule has 3 amide bonds. The molecular weight excluding hydrogens is 398 g/mol. The van der Waals surface area contributed by atoms with Crippen molar-refractivity contribution in [3.63, 3.8) is 0 Å². The van der Waals surface area contributed by atoms with E-state index in [1.165, 1.54) is 6.92 Å². The highest BCUT2D eigenvalue weighted by molar-refractivity contribution is 6.07. The van der Waals surface area contributed by atoms with Gasteiger partial charge in [0.1, 0.15) is 6.04 Å². The molecule has 0 bridgehead atoms. The molecule has 0 radical (unpaired) electrons. The van der Waals surface area contributed by atoms with Gasteiger partial charge in [0, 0.05) is 23.6 Å². The Kier molecular flexibility index (Phi) is 6.06. The molecule has 2 aliphatic rings. The fourth-order valence-electron chi connectivity index (χ4n) is 4.66. The minimum atomic E-state index is -1.02. The Balaban J connectivity index is 1.24. The predicted molar refractivity (Wildman–Crippen MR) is 113 cm³/mol. The summed E-state index contributed by atoms with van der Waals surface area (Å²) >= 11 is 0. The molecule has 1 saturated heterocycles. The second kappa shape index (κ2) is 8.91. The number of para-hydroxylation sites is 1. The Morgan fingerprint density at radius 2 is 1.84 bits per heavy atom. The zero-order chi connectivity index (χ0) is 22.0. The largest absolute Gasteiger partial charge is 0.454 e. The Bertz CT molecular complexity index is 990. The van der Waals surface area contributed by atoms with Crippen molar-refractivity contribution in [3.05, 3.63) is 36.0 Å². The maximum atomic E-state index is 12.6. The third-order valence-electron chi connectivity index (χ3n) is 6.34. The molecule has 1 aliphatic carbocycles. The summed E-state index contributed by atoms with van der Waals surface area (Å²) in [6, 6.07) is 6.90. The number of hydrogen-bond donors (Lipinski definition) is 2. The zero-order valence-corrected chi connectivity index (χ0v) is 17.6. The SMILES string of the molecule is C[C@@H](C(=O)OCC(=O)NCCc1c[nH]c2ccccc12)N1C(=O)[C@H]2CCCC[C@@H]2C1=O. The van der Waals surface area contributed by atoms with Crippen molar-refractivity contribution in [2.24, 2.45) is 11.8 Å². The lowest BCUT2D eigenvalue weighted by atomic mass is 9.81. The molecule has 3 atom stereocenters. The molecule has 0 unspecified atom stereocenters. The Hall–Kier alpha value is -3.16. The molecular formula is C23H27N3O5. The molecule has 31 heavy (non-hydrogen) atoms. The summed E-state index contributed by atoms with van der Waals surface area (Å²) in [5.74, 6) is -2.38. The molecule has 2 N–H and O–H groups in total. The van der Waals surface area contributed by atoms with E-state index in [9.17, 15) is 19.2 Å². The molecule has 164 valence electrons. The van der Waals surface area contributed by atoms with Gasteiger partial charge < -0.3 is 15.0 Å². The second-order valence-electron chi connectivity index (χ2n) is 8.29. The smallest absolute Gasteiger partial charge is 0.329 e. The number of fused-ring (bicyclic) bond motifs is 2. The highest BCUT2D eigenvalue weighted by Gasteiger charge is 2.51. The highest BCUT2D eigenvalue weighted by Crippen LogP contribution is 2.38. The van der Waals surface area contributed by atoms with Crippen LogP contribution in [0.15, 0.2) is 30.5 Å². The summed E-state index contributed by atoms with van der Waals surface area (Å²) in [7, 11) is 0. The third kappa shape index (κ3) is 4.19. The van der Waals surface area contributed by atoms with E-state index >= 15 is 0 Å². The van der Waals surface area contributed by atoms with E-state index in [0.29, 0.717) is 25.8 Å². The lowest BCUT2D eigenvalue weighted by Crippen LogP contribution is -2.45. The number of aromatic nitrogens is 1. The fourth-order valence-corrected chi connectivity index (χ4v) is 4.66. The number of aromatic amines is 1. The number of carbonyl (C=O) groups excluding carboxylic acids is 4. The monoisotopic (exact) mass is 425 g/mol. The molecule has 1 aromatic carbocycles. The van der Waals surface area contributed by atoms with E-state index in [-0.39, 0.29) is 23.7 Å². The first-order chi connectivity index (χ1) is 15.0. The van der Waals surface area contributed by atoms with Crippen molar-refractivity contribution in [1.29, 1.82) is 0 Å². The summed E-state index contributed by atoms with van der Waals surface area (Å²) in [6.45, 7) is 1.44. The van der Waals surface area contributed by atoms with E-state index in [1.54, 1.807) is 0 Å². The van der Waals surface area contributed by atoms with Gasteiger partial charge in [0.15, 0.2) is 6.61 Å². The van der Waals surface area contributed by atoms with Gasteiger partial charge >= 0.3 is 5.97 Å². The van der Waals surface area contributed by atoms with E-state index in [1.807, 2.05) is 30.5 Å². The summed E-state index contributed by atoms with van der Waals surface area (Å²) < 4.78 is 5.08. The molecule has 1 aromatic heterocycles. The molecule has 1 saturated carbocycles. The number of likely N-dealkylation sites (tertiary alicyclic amines) is 1. The van der Waals surface area contributed by atoms with E-state index in [4.69, 9.17) is 4.74 Å². The van der Waals surface area contributed by atoms with Crippen molar-refractivity contribution >= 4 is 34.6 Å². The molecule has 0 spiro atoms. The van der Waals surface area contributed by atoms with E-state index < -0.39 is 24.5 Å². The number of amides is 3. The average Bonchev–Trinajstić information content (AvgIpc) is 3.31. The van der Waals surface area contributed by atoms with Gasteiger partial charge in [-0.15, -0.1) is 0 Å². The molecule has 2 fully saturated rings. The Morgan fingerprint density at radius 3 is 2.55 bits per heavy atom. The molecule has 2 heterocycles. The van der Waals surface area contributed by atoms with Crippen LogP contribution in [0.25, 0.3) is 10.9 Å². The maximum absolute atomic E-state index is 12.6. The van der Waals surface area contributed by atoms with Crippen LogP contribution in [0.3, 0.4) is 0 Å². The summed E-state index contributed by atoms with van der Waals surface area (Å²) in [5.41, 5.74) is 2.13. The molecule has 1 aliphatic heterocycles. The van der Waals surface area contributed by atoms with Gasteiger partial charge in [-0.05, 0) is 37.8 Å². The number of H-pyrrole nitrogens is 1. The van der Waals surface area contributed by atoms with Crippen LogP contribution in [-0.4, -0.2) is 52.8 Å². The fraction of sp³-hybridized carbons (Fsp3) is 0.478. The first kappa shape index (κ1) is 21.1. The summed E-state index contributed by atoms with van der Waals surface area (Å²) in [4.78, 5) is 53.9. The van der Waals surface area contributed by atoms with Crippen molar-refractivity contribution in [3.8, 4) is 0 Å². The van der Waals surface area contributed by atoms with E-state index in [2.05, 4.69) is 10.3 Å². The zero-order valence-electron chi connectivity index (χ0n) is 17.6. The minimum absolute atomic E-state index is 0.290. The average molecular weight is 425 g/mol. The lowest BCUT2D eigenvalue weighted by molar-refractivity contribution is -0.159. The van der Waals surface area contributed by atoms with Gasteiger partial charge in [-0.2, -0.15) is 0 Å². The normalized spacial score (nSPS) is 21.8. The standard InChI is InChI=1S/C23H27N3O5/c1-14(26-21(28)17-7-2-3-8-18(17)22(26)29)23(30)31-13-20(27)24-11-10-15-12-25-19-9-5-4-6-16(15)19/h4-6,9,12,14,17-18,25H,2-3,7-8,10-11,13H2,1H3,(H,24,27)/t14-,17-,18-/m0/s1. The summed E-state index contributed by atoms with van der Waals surface area (Å²) in [6.07, 6.45) is 5.77. The number of ether oxygens (including phenoxy) is 1. The Morgan fingerprint density at radius 1 is 1.16 bits per heavy atom.